The summed E-state index contributed by atoms with van der Waals surface area (Å²) in [5.74, 6) is 0.477. The van der Waals surface area contributed by atoms with Crippen molar-refractivity contribution in [2.75, 3.05) is 13.7 Å². The number of pyridine rings is 1. The van der Waals surface area contributed by atoms with Crippen LogP contribution in [0.3, 0.4) is 0 Å². The highest BCUT2D eigenvalue weighted by Gasteiger charge is 2.32. The van der Waals surface area contributed by atoms with E-state index in [1.807, 2.05) is 6.07 Å². The first kappa shape index (κ1) is 14.5. The Labute approximate surface area is 118 Å². The summed E-state index contributed by atoms with van der Waals surface area (Å²) in [6.07, 6.45) is 3.70. The molecule has 102 valence electrons. The molecule has 1 aromatic heterocycles. The van der Waals surface area contributed by atoms with Crippen molar-refractivity contribution >= 4 is 24.9 Å². The Hall–Kier alpha value is -0.940. The highest BCUT2D eigenvalue weighted by Crippen LogP contribution is 2.42. The molecule has 0 saturated heterocycles. The van der Waals surface area contributed by atoms with Crippen LogP contribution in [0.4, 0.5) is 0 Å². The van der Waals surface area contributed by atoms with E-state index in [1.165, 1.54) is 0 Å². The molecule has 1 unspecified atom stereocenters. The van der Waals surface area contributed by atoms with Gasteiger partial charge in [-0.25, -0.2) is 0 Å². The maximum absolute atomic E-state index is 11.1. The van der Waals surface area contributed by atoms with Crippen LogP contribution in [0.2, 0.25) is 0 Å². The fraction of sp³-hybridized carbons (Fsp3) is 0.500. The Balaban J connectivity index is 1.85. The third-order valence-electron chi connectivity index (χ3n) is 3.31. The number of aromatic nitrogens is 1. The van der Waals surface area contributed by atoms with Gasteiger partial charge in [0, 0.05) is 6.20 Å². The van der Waals surface area contributed by atoms with Crippen molar-refractivity contribution < 1.29 is 13.8 Å². The van der Waals surface area contributed by atoms with Gasteiger partial charge in [0.1, 0.15) is 12.3 Å². The first-order valence-corrected chi connectivity index (χ1v) is 8.19. The number of carbonyl (C=O) groups excluding carboxylic acids is 1. The van der Waals surface area contributed by atoms with Crippen LogP contribution in [-0.2, 0) is 20.9 Å². The van der Waals surface area contributed by atoms with Crippen LogP contribution in [0.15, 0.2) is 18.3 Å². The molecular weight excluding hydrogens is 283 g/mol. The number of rotatable bonds is 6. The number of hydrogen-bond donors (Lipinski definition) is 1. The summed E-state index contributed by atoms with van der Waals surface area (Å²) >= 11 is 4.96. The van der Waals surface area contributed by atoms with Crippen molar-refractivity contribution in [3.05, 3.63) is 29.6 Å². The van der Waals surface area contributed by atoms with Gasteiger partial charge in [-0.05, 0) is 42.4 Å². The monoisotopic (exact) mass is 299 g/mol. The van der Waals surface area contributed by atoms with Gasteiger partial charge in [-0.3, -0.25) is 9.78 Å². The van der Waals surface area contributed by atoms with Crippen molar-refractivity contribution in [3.63, 3.8) is 0 Å². The molecule has 0 spiro atoms. The Bertz CT molecular complexity index is 492. The Morgan fingerprint density at radius 3 is 3.00 bits per heavy atom. The van der Waals surface area contributed by atoms with Crippen LogP contribution in [0.25, 0.3) is 0 Å². The van der Waals surface area contributed by atoms with Gasteiger partial charge in [-0.15, -0.1) is 9.05 Å². The fourth-order valence-electron chi connectivity index (χ4n) is 2.20. The molecule has 0 aromatic carbocycles. The summed E-state index contributed by atoms with van der Waals surface area (Å²) < 4.78 is 10.3. The number of carbonyl (C=O) groups is 1. The predicted molar refractivity (Wildman–Crippen MR) is 75.5 cm³/mol. The van der Waals surface area contributed by atoms with Crippen LogP contribution in [0, 0.1) is 5.92 Å². The van der Waals surface area contributed by atoms with Crippen molar-refractivity contribution in [2.24, 2.45) is 11.7 Å². The highest BCUT2D eigenvalue weighted by atomic mass is 32.4. The third kappa shape index (κ3) is 3.76. The summed E-state index contributed by atoms with van der Waals surface area (Å²) in [6, 6.07) is 3.71. The van der Waals surface area contributed by atoms with Crippen LogP contribution in [-0.4, -0.2) is 24.6 Å². The molecule has 7 heteroatoms. The lowest BCUT2D eigenvalue weighted by Gasteiger charge is -2.34. The van der Waals surface area contributed by atoms with Crippen molar-refractivity contribution in [3.8, 4) is 0 Å². The molecule has 5 nitrogen and oxygen atoms in total. The zero-order valence-corrected chi connectivity index (χ0v) is 12.3. The van der Waals surface area contributed by atoms with Gasteiger partial charge in [-0.1, -0.05) is 0 Å². The SMILES string of the molecule is CO[P+](=S)OCC1CC(c2ccnc(C(N)=O)c2)C1. The predicted octanol–water partition coefficient (Wildman–Crippen LogP) is 2.11. The van der Waals surface area contributed by atoms with E-state index in [0.717, 1.165) is 18.4 Å². The third-order valence-corrected chi connectivity index (χ3v) is 4.73. The average Bonchev–Trinajstić information content (AvgIpc) is 2.36. The lowest BCUT2D eigenvalue weighted by atomic mass is 9.72. The maximum Gasteiger partial charge on any atom is 0.521 e. The molecule has 1 aliphatic rings. The van der Waals surface area contributed by atoms with Crippen LogP contribution in [0.1, 0.15) is 34.8 Å². The summed E-state index contributed by atoms with van der Waals surface area (Å²) in [5.41, 5.74) is 6.66. The minimum atomic E-state index is -1.15. The second-order valence-electron chi connectivity index (χ2n) is 4.57. The van der Waals surface area contributed by atoms with E-state index in [4.69, 9.17) is 26.6 Å². The van der Waals surface area contributed by atoms with Gasteiger partial charge in [-0.2, -0.15) is 0 Å². The van der Waals surface area contributed by atoms with Crippen LogP contribution >= 0.6 is 7.15 Å². The van der Waals surface area contributed by atoms with Gasteiger partial charge in [0.25, 0.3) is 5.91 Å². The van der Waals surface area contributed by atoms with Crippen molar-refractivity contribution in [1.29, 1.82) is 0 Å². The van der Waals surface area contributed by atoms with E-state index in [-0.39, 0.29) is 0 Å². The first-order chi connectivity index (χ1) is 9.10. The molecule has 0 radical (unpaired) electrons. The molecule has 1 aliphatic carbocycles. The minimum Gasteiger partial charge on any atom is -0.364 e. The zero-order valence-electron chi connectivity index (χ0n) is 10.6. The molecule has 19 heavy (non-hydrogen) atoms. The molecule has 0 bridgehead atoms. The number of hydrogen-bond acceptors (Lipinski definition) is 5. The normalized spacial score (nSPS) is 22.7. The van der Waals surface area contributed by atoms with E-state index >= 15 is 0 Å². The Kier molecular flexibility index (Phi) is 4.93. The standard InChI is InChI=1S/C12H15N2O3PS/c1-16-18(19)17-7-8-4-10(5-8)9-2-3-14-11(6-9)12(13)15/h2-3,6,8,10H,4-5,7H2,1H3,(H-,13,15)/p+1. The molecule has 0 aliphatic heterocycles. The second-order valence-corrected chi connectivity index (χ2v) is 6.54. The molecular formula is C12H16N2O3PS+. The lowest BCUT2D eigenvalue weighted by Crippen LogP contribution is -2.25. The van der Waals surface area contributed by atoms with Crippen LogP contribution in [0.5, 0.6) is 0 Å². The molecule has 1 amide bonds. The summed E-state index contributed by atoms with van der Waals surface area (Å²) in [5, 5.41) is 0. The molecule has 1 saturated carbocycles. The van der Waals surface area contributed by atoms with Gasteiger partial charge in [0.15, 0.2) is 0 Å². The molecule has 2 N–H and O–H groups in total. The lowest BCUT2D eigenvalue weighted by molar-refractivity contribution is 0.0995. The van der Waals surface area contributed by atoms with E-state index in [0.29, 0.717) is 24.1 Å². The van der Waals surface area contributed by atoms with Crippen LogP contribution < -0.4 is 5.73 Å². The maximum atomic E-state index is 11.1. The number of amides is 1. The molecule has 2 rings (SSSR count). The second kappa shape index (κ2) is 6.48. The fourth-order valence-corrected chi connectivity index (χ4v) is 2.82. The molecule has 1 atom stereocenters. The largest absolute Gasteiger partial charge is 0.521 e. The topological polar surface area (TPSA) is 74.4 Å². The van der Waals surface area contributed by atoms with E-state index in [9.17, 15) is 4.79 Å². The number of nitrogens with two attached hydrogens (primary N) is 1. The molecule has 1 aromatic rings. The summed E-state index contributed by atoms with van der Waals surface area (Å²) in [6.45, 7) is 0.646. The molecule has 1 fully saturated rings. The van der Waals surface area contributed by atoms with Crippen molar-refractivity contribution in [1.82, 2.24) is 4.98 Å². The Morgan fingerprint density at radius 2 is 2.37 bits per heavy atom. The zero-order chi connectivity index (χ0) is 13.8. The van der Waals surface area contributed by atoms with Gasteiger partial charge in [0.05, 0.1) is 7.11 Å². The van der Waals surface area contributed by atoms with E-state index in [1.54, 1.807) is 19.4 Å². The smallest absolute Gasteiger partial charge is 0.364 e. The Morgan fingerprint density at radius 1 is 1.63 bits per heavy atom. The summed E-state index contributed by atoms with van der Waals surface area (Å²) in [7, 11) is 0.407. The first-order valence-electron chi connectivity index (χ1n) is 6.00. The average molecular weight is 299 g/mol. The highest BCUT2D eigenvalue weighted by molar-refractivity contribution is 8.00. The minimum absolute atomic E-state index is 0.325. The summed E-state index contributed by atoms with van der Waals surface area (Å²) in [4.78, 5) is 15.0. The van der Waals surface area contributed by atoms with E-state index in [2.05, 4.69) is 4.98 Å². The number of nitrogens with zero attached hydrogens (tertiary/aromatic N) is 1. The van der Waals surface area contributed by atoms with Crippen molar-refractivity contribution in [2.45, 2.75) is 18.8 Å². The quantitative estimate of drug-likeness (QED) is 0.814. The molecule has 1 heterocycles. The van der Waals surface area contributed by atoms with Gasteiger partial charge < -0.3 is 5.73 Å². The van der Waals surface area contributed by atoms with E-state index < -0.39 is 13.1 Å². The van der Waals surface area contributed by atoms with Gasteiger partial charge >= 0.3 is 7.15 Å². The number of primary amides is 1. The van der Waals surface area contributed by atoms with Gasteiger partial charge in [0.2, 0.25) is 11.8 Å².